The van der Waals surface area contributed by atoms with Gasteiger partial charge in [0.1, 0.15) is 4.90 Å². The quantitative estimate of drug-likeness (QED) is 0.632. The molecular formula is C22H23N3O4S. The van der Waals surface area contributed by atoms with E-state index in [2.05, 4.69) is 15.0 Å². The van der Waals surface area contributed by atoms with Crippen molar-refractivity contribution in [2.45, 2.75) is 30.8 Å². The fraction of sp³-hybridized carbons (Fsp3) is 0.273. The smallest absolute Gasteiger partial charge is 0.264 e. The van der Waals surface area contributed by atoms with Crippen molar-refractivity contribution in [3.8, 4) is 0 Å². The summed E-state index contributed by atoms with van der Waals surface area (Å²) in [6.45, 7) is 3.00. The molecule has 1 aliphatic heterocycles. The van der Waals surface area contributed by atoms with E-state index in [1.807, 2.05) is 19.1 Å². The predicted molar refractivity (Wildman–Crippen MR) is 115 cm³/mol. The average Bonchev–Trinajstić information content (AvgIpc) is 3.25. The van der Waals surface area contributed by atoms with Gasteiger partial charge in [0.15, 0.2) is 0 Å². The first-order valence-corrected chi connectivity index (χ1v) is 11.3. The molecule has 3 aromatic rings. The van der Waals surface area contributed by atoms with Crippen LogP contribution < -0.4 is 10.0 Å². The van der Waals surface area contributed by atoms with Crippen molar-refractivity contribution in [1.82, 2.24) is 10.3 Å². The first-order valence-electron chi connectivity index (χ1n) is 9.81. The number of ether oxygens (including phenoxy) is 1. The first kappa shape index (κ1) is 20.3. The fourth-order valence-corrected chi connectivity index (χ4v) is 4.80. The molecule has 1 fully saturated rings. The molecule has 8 heteroatoms. The molecular weight excluding hydrogens is 402 g/mol. The van der Waals surface area contributed by atoms with Gasteiger partial charge in [0, 0.05) is 24.7 Å². The maximum absolute atomic E-state index is 13.1. The van der Waals surface area contributed by atoms with Crippen LogP contribution in [0, 0.1) is 6.92 Å². The van der Waals surface area contributed by atoms with Crippen molar-refractivity contribution >= 4 is 32.5 Å². The number of fused-ring (bicyclic) bond motifs is 1. The number of carbonyl (C=O) groups excluding carboxylic acids is 1. The average molecular weight is 426 g/mol. The lowest BCUT2D eigenvalue weighted by molar-refractivity contribution is 0.0858. The highest BCUT2D eigenvalue weighted by Crippen LogP contribution is 2.25. The summed E-state index contributed by atoms with van der Waals surface area (Å²) in [5.74, 6) is -0.351. The molecule has 1 saturated heterocycles. The van der Waals surface area contributed by atoms with Crippen molar-refractivity contribution in [1.29, 1.82) is 0 Å². The van der Waals surface area contributed by atoms with Crippen molar-refractivity contribution in [2.24, 2.45) is 0 Å². The van der Waals surface area contributed by atoms with Crippen LogP contribution in [0.1, 0.15) is 28.8 Å². The van der Waals surface area contributed by atoms with E-state index in [9.17, 15) is 13.2 Å². The highest BCUT2D eigenvalue weighted by Gasteiger charge is 2.22. The number of rotatable bonds is 6. The molecule has 0 bridgehead atoms. The molecule has 1 aliphatic rings. The molecule has 7 nitrogen and oxygen atoms in total. The summed E-state index contributed by atoms with van der Waals surface area (Å²) in [4.78, 5) is 17.1. The van der Waals surface area contributed by atoms with Crippen LogP contribution >= 0.6 is 0 Å². The van der Waals surface area contributed by atoms with Gasteiger partial charge in [0.05, 0.1) is 22.9 Å². The lowest BCUT2D eigenvalue weighted by Gasteiger charge is -2.15. The Morgan fingerprint density at radius 2 is 2.03 bits per heavy atom. The summed E-state index contributed by atoms with van der Waals surface area (Å²) in [5, 5.41) is 3.57. The second-order valence-electron chi connectivity index (χ2n) is 7.34. The van der Waals surface area contributed by atoms with Gasteiger partial charge in [-0.3, -0.25) is 14.5 Å². The number of anilines is 1. The van der Waals surface area contributed by atoms with Crippen LogP contribution in [0.15, 0.2) is 59.6 Å². The molecule has 4 rings (SSSR count). The monoisotopic (exact) mass is 425 g/mol. The zero-order valence-electron chi connectivity index (χ0n) is 16.6. The molecule has 0 radical (unpaired) electrons. The topological polar surface area (TPSA) is 97.4 Å². The van der Waals surface area contributed by atoms with Gasteiger partial charge in [-0.05, 0) is 49.6 Å². The minimum atomic E-state index is -3.96. The normalized spacial score (nSPS) is 16.5. The van der Waals surface area contributed by atoms with Crippen molar-refractivity contribution < 1.29 is 17.9 Å². The Morgan fingerprint density at radius 1 is 1.20 bits per heavy atom. The second-order valence-corrected chi connectivity index (χ2v) is 8.99. The van der Waals surface area contributed by atoms with Crippen LogP contribution in [0.2, 0.25) is 0 Å². The van der Waals surface area contributed by atoms with E-state index in [-0.39, 0.29) is 28.2 Å². The number of para-hydroxylation sites is 2. The number of amides is 1. The maximum Gasteiger partial charge on any atom is 0.264 e. The molecule has 156 valence electrons. The number of aromatic nitrogens is 1. The second kappa shape index (κ2) is 8.41. The van der Waals surface area contributed by atoms with Gasteiger partial charge >= 0.3 is 0 Å². The number of benzene rings is 2. The van der Waals surface area contributed by atoms with E-state index >= 15 is 0 Å². The van der Waals surface area contributed by atoms with Gasteiger partial charge in [-0.25, -0.2) is 8.42 Å². The molecule has 0 aliphatic carbocycles. The minimum absolute atomic E-state index is 0.00279. The maximum atomic E-state index is 13.1. The van der Waals surface area contributed by atoms with Crippen LogP contribution in [-0.2, 0) is 14.8 Å². The van der Waals surface area contributed by atoms with Crippen LogP contribution in [0.3, 0.4) is 0 Å². The van der Waals surface area contributed by atoms with Crippen LogP contribution in [0.4, 0.5) is 5.69 Å². The third-order valence-corrected chi connectivity index (χ3v) is 6.43. The van der Waals surface area contributed by atoms with E-state index in [1.165, 1.54) is 6.07 Å². The fourth-order valence-electron chi connectivity index (χ4n) is 3.54. The molecule has 1 atom stereocenters. The third-order valence-electron chi connectivity index (χ3n) is 5.03. The summed E-state index contributed by atoms with van der Waals surface area (Å²) in [5.41, 5.74) is 1.80. The Bertz CT molecular complexity index is 1190. The van der Waals surface area contributed by atoms with Crippen LogP contribution in [0.5, 0.6) is 0 Å². The third kappa shape index (κ3) is 4.29. The van der Waals surface area contributed by atoms with Crippen LogP contribution in [-0.4, -0.2) is 38.6 Å². The Kier molecular flexibility index (Phi) is 5.69. The lowest BCUT2D eigenvalue weighted by atomic mass is 10.1. The lowest BCUT2D eigenvalue weighted by Crippen LogP contribution is -2.32. The largest absolute Gasteiger partial charge is 0.376 e. The number of nitrogens with one attached hydrogen (secondary N) is 2. The highest BCUT2D eigenvalue weighted by atomic mass is 32.2. The first-order chi connectivity index (χ1) is 14.4. The van der Waals surface area contributed by atoms with Gasteiger partial charge in [-0.1, -0.05) is 24.3 Å². The number of nitrogens with zero attached hydrogens (tertiary/aromatic N) is 1. The number of sulfonamides is 1. The molecule has 1 unspecified atom stereocenters. The van der Waals surface area contributed by atoms with Gasteiger partial charge in [-0.2, -0.15) is 0 Å². The molecule has 1 aromatic heterocycles. The molecule has 2 heterocycles. The number of pyridine rings is 1. The highest BCUT2D eigenvalue weighted by molar-refractivity contribution is 7.93. The molecule has 0 spiro atoms. The Morgan fingerprint density at radius 3 is 2.83 bits per heavy atom. The number of aryl methyl sites for hydroxylation is 1. The van der Waals surface area contributed by atoms with Crippen LogP contribution in [0.25, 0.3) is 10.9 Å². The van der Waals surface area contributed by atoms with E-state index < -0.39 is 10.0 Å². The van der Waals surface area contributed by atoms with Gasteiger partial charge in [0.25, 0.3) is 15.9 Å². The summed E-state index contributed by atoms with van der Waals surface area (Å²) in [6, 6.07) is 13.4. The summed E-state index contributed by atoms with van der Waals surface area (Å²) in [6.07, 6.45) is 3.52. The molecule has 2 aromatic carbocycles. The van der Waals surface area contributed by atoms with E-state index in [0.29, 0.717) is 18.7 Å². The number of carbonyl (C=O) groups is 1. The van der Waals surface area contributed by atoms with Crippen molar-refractivity contribution in [3.63, 3.8) is 0 Å². The molecule has 1 amide bonds. The Balaban J connectivity index is 1.60. The standard InChI is InChI=1S/C22H23N3O4S/c1-15-12-16-6-4-10-20(21(16)23-13-15)30(27,28)25-19-9-3-2-8-18(19)22(26)24-14-17-7-5-11-29-17/h2-4,6,8-10,12-13,17,25H,5,7,11,14H2,1H3,(H,24,26). The van der Waals surface area contributed by atoms with E-state index in [0.717, 1.165) is 23.8 Å². The Labute approximate surface area is 175 Å². The van der Waals surface area contributed by atoms with E-state index in [4.69, 9.17) is 4.74 Å². The molecule has 30 heavy (non-hydrogen) atoms. The molecule has 0 saturated carbocycles. The number of hydrogen-bond acceptors (Lipinski definition) is 5. The SMILES string of the molecule is Cc1cnc2c(S(=O)(=O)Nc3ccccc3C(=O)NCC3CCCO3)cccc2c1. The molecule has 2 N–H and O–H groups in total. The van der Waals surface area contributed by atoms with Gasteiger partial charge in [-0.15, -0.1) is 0 Å². The zero-order chi connectivity index (χ0) is 21.1. The Hall–Kier alpha value is -2.97. The predicted octanol–water partition coefficient (Wildman–Crippen LogP) is 3.25. The van der Waals surface area contributed by atoms with E-state index in [1.54, 1.807) is 36.5 Å². The van der Waals surface area contributed by atoms with Crippen molar-refractivity contribution in [3.05, 3.63) is 65.9 Å². The van der Waals surface area contributed by atoms with Gasteiger partial charge in [0.2, 0.25) is 0 Å². The zero-order valence-corrected chi connectivity index (χ0v) is 17.4. The minimum Gasteiger partial charge on any atom is -0.376 e. The summed E-state index contributed by atoms with van der Waals surface area (Å²) in [7, 11) is -3.96. The van der Waals surface area contributed by atoms with Crippen molar-refractivity contribution in [2.75, 3.05) is 17.9 Å². The summed E-state index contributed by atoms with van der Waals surface area (Å²) >= 11 is 0. The number of hydrogen-bond donors (Lipinski definition) is 2. The van der Waals surface area contributed by atoms with Gasteiger partial charge < -0.3 is 10.1 Å². The summed E-state index contributed by atoms with van der Waals surface area (Å²) < 4.78 is 34.4.